The van der Waals surface area contributed by atoms with E-state index >= 15 is 0 Å². The summed E-state index contributed by atoms with van der Waals surface area (Å²) in [6, 6.07) is 4.63. The highest BCUT2D eigenvalue weighted by Gasteiger charge is 2.35. The second kappa shape index (κ2) is 6.04. The number of carbonyl (C=O) groups excluding carboxylic acids is 2. The van der Waals surface area contributed by atoms with Gasteiger partial charge in [0.2, 0.25) is 16.9 Å². The fourth-order valence-electron chi connectivity index (χ4n) is 2.44. The van der Waals surface area contributed by atoms with E-state index in [0.29, 0.717) is 16.4 Å². The Labute approximate surface area is 136 Å². The Morgan fingerprint density at radius 2 is 2.17 bits per heavy atom. The van der Waals surface area contributed by atoms with Crippen LogP contribution in [0.15, 0.2) is 18.2 Å². The third-order valence-electron chi connectivity index (χ3n) is 3.72. The standard InChI is InChI=1S/C15H15FN4O2S/c1-8-3-4-11(6-12(8)16)20-7-10(5-13(20)21)14(22)17-15-19-18-9(2)23-15/h3-4,6,10H,5,7H2,1-2H3,(H,17,19,22). The fraction of sp³-hybridized carbons (Fsp3) is 0.333. The van der Waals surface area contributed by atoms with Gasteiger partial charge in [-0.3, -0.25) is 9.59 Å². The van der Waals surface area contributed by atoms with Crippen LogP contribution in [0.4, 0.5) is 15.2 Å². The van der Waals surface area contributed by atoms with Crippen molar-refractivity contribution in [1.82, 2.24) is 10.2 Å². The maximum absolute atomic E-state index is 13.7. The average Bonchev–Trinajstić information content (AvgIpc) is 3.08. The molecule has 1 aromatic heterocycles. The zero-order valence-corrected chi connectivity index (χ0v) is 13.5. The monoisotopic (exact) mass is 334 g/mol. The van der Waals surface area contributed by atoms with Crippen LogP contribution in [-0.4, -0.2) is 28.6 Å². The molecule has 2 aromatic rings. The van der Waals surface area contributed by atoms with E-state index in [1.807, 2.05) is 0 Å². The van der Waals surface area contributed by atoms with Crippen molar-refractivity contribution >= 4 is 34.0 Å². The summed E-state index contributed by atoms with van der Waals surface area (Å²) >= 11 is 1.27. The molecule has 1 fully saturated rings. The minimum atomic E-state index is -0.490. The molecule has 8 heteroatoms. The van der Waals surface area contributed by atoms with E-state index in [0.717, 1.165) is 5.01 Å². The molecule has 1 N–H and O–H groups in total. The van der Waals surface area contributed by atoms with Gasteiger partial charge in [0.1, 0.15) is 10.8 Å². The summed E-state index contributed by atoms with van der Waals surface area (Å²) in [4.78, 5) is 25.8. The van der Waals surface area contributed by atoms with Crippen molar-refractivity contribution in [2.75, 3.05) is 16.8 Å². The van der Waals surface area contributed by atoms with Crippen LogP contribution >= 0.6 is 11.3 Å². The molecule has 1 aliphatic rings. The molecule has 1 atom stereocenters. The van der Waals surface area contributed by atoms with Crippen LogP contribution in [0, 0.1) is 25.6 Å². The lowest BCUT2D eigenvalue weighted by atomic mass is 10.1. The molecule has 1 aliphatic heterocycles. The van der Waals surface area contributed by atoms with E-state index in [9.17, 15) is 14.0 Å². The number of rotatable bonds is 3. The largest absolute Gasteiger partial charge is 0.311 e. The molecule has 6 nitrogen and oxygen atoms in total. The van der Waals surface area contributed by atoms with Gasteiger partial charge < -0.3 is 10.2 Å². The van der Waals surface area contributed by atoms with Gasteiger partial charge in [-0.2, -0.15) is 0 Å². The predicted molar refractivity (Wildman–Crippen MR) is 84.9 cm³/mol. The molecular weight excluding hydrogens is 319 g/mol. The van der Waals surface area contributed by atoms with Gasteiger partial charge in [-0.1, -0.05) is 17.4 Å². The minimum Gasteiger partial charge on any atom is -0.311 e. The number of hydrogen-bond donors (Lipinski definition) is 1. The lowest BCUT2D eigenvalue weighted by Gasteiger charge is -2.17. The molecule has 0 spiro atoms. The first kappa shape index (κ1) is 15.5. The summed E-state index contributed by atoms with van der Waals surface area (Å²) in [7, 11) is 0. The highest BCUT2D eigenvalue weighted by molar-refractivity contribution is 7.15. The van der Waals surface area contributed by atoms with Gasteiger partial charge in [-0.05, 0) is 31.5 Å². The molecule has 0 bridgehead atoms. The number of amides is 2. The van der Waals surface area contributed by atoms with Gasteiger partial charge >= 0.3 is 0 Å². The van der Waals surface area contributed by atoms with Crippen molar-refractivity contribution in [2.24, 2.45) is 5.92 Å². The smallest absolute Gasteiger partial charge is 0.231 e. The van der Waals surface area contributed by atoms with E-state index in [1.165, 1.54) is 22.3 Å². The van der Waals surface area contributed by atoms with E-state index in [1.54, 1.807) is 26.0 Å². The Kier molecular flexibility index (Phi) is 4.08. The number of benzene rings is 1. The topological polar surface area (TPSA) is 75.2 Å². The molecular formula is C15H15FN4O2S. The number of hydrogen-bond acceptors (Lipinski definition) is 5. The average molecular weight is 334 g/mol. The second-order valence-electron chi connectivity index (χ2n) is 5.45. The number of nitrogens with one attached hydrogen (secondary N) is 1. The van der Waals surface area contributed by atoms with Gasteiger partial charge in [-0.25, -0.2) is 4.39 Å². The number of carbonyl (C=O) groups is 2. The second-order valence-corrected chi connectivity index (χ2v) is 6.64. The van der Waals surface area contributed by atoms with Gasteiger partial charge in [-0.15, -0.1) is 10.2 Å². The molecule has 1 unspecified atom stereocenters. The van der Waals surface area contributed by atoms with Crippen LogP contribution in [-0.2, 0) is 9.59 Å². The van der Waals surface area contributed by atoms with E-state index in [-0.39, 0.29) is 30.6 Å². The van der Waals surface area contributed by atoms with Gasteiger partial charge in [0, 0.05) is 18.7 Å². The van der Waals surface area contributed by atoms with Crippen molar-refractivity contribution < 1.29 is 14.0 Å². The van der Waals surface area contributed by atoms with Crippen LogP contribution < -0.4 is 10.2 Å². The Hall–Kier alpha value is -2.35. The molecule has 0 aliphatic carbocycles. The first-order chi connectivity index (χ1) is 10.9. The van der Waals surface area contributed by atoms with Crippen LogP contribution in [0.2, 0.25) is 0 Å². The third-order valence-corrected chi connectivity index (χ3v) is 4.47. The van der Waals surface area contributed by atoms with Crippen molar-refractivity contribution in [3.05, 3.63) is 34.6 Å². The fourth-order valence-corrected chi connectivity index (χ4v) is 3.03. The molecule has 1 aromatic carbocycles. The lowest BCUT2D eigenvalue weighted by Crippen LogP contribution is -2.28. The van der Waals surface area contributed by atoms with Crippen LogP contribution in [0.25, 0.3) is 0 Å². The van der Waals surface area contributed by atoms with Crippen molar-refractivity contribution in [3.63, 3.8) is 0 Å². The molecule has 2 amide bonds. The Balaban J connectivity index is 1.71. The molecule has 0 saturated carbocycles. The van der Waals surface area contributed by atoms with Gasteiger partial charge in [0.15, 0.2) is 0 Å². The lowest BCUT2D eigenvalue weighted by molar-refractivity contribution is -0.122. The molecule has 23 heavy (non-hydrogen) atoms. The number of aromatic nitrogens is 2. The molecule has 0 radical (unpaired) electrons. The quantitative estimate of drug-likeness (QED) is 0.934. The first-order valence-corrected chi connectivity index (χ1v) is 7.93. The summed E-state index contributed by atoms with van der Waals surface area (Å²) in [6.45, 7) is 3.68. The Bertz CT molecular complexity index is 777. The number of anilines is 2. The number of aryl methyl sites for hydroxylation is 2. The SMILES string of the molecule is Cc1nnc(NC(=O)C2CC(=O)N(c3ccc(C)c(F)c3)C2)s1. The summed E-state index contributed by atoms with van der Waals surface area (Å²) in [5.74, 6) is -1.32. The van der Waals surface area contributed by atoms with Crippen molar-refractivity contribution in [3.8, 4) is 0 Å². The van der Waals surface area contributed by atoms with Crippen LogP contribution in [0.1, 0.15) is 17.0 Å². The van der Waals surface area contributed by atoms with Crippen molar-refractivity contribution in [2.45, 2.75) is 20.3 Å². The maximum Gasteiger partial charge on any atom is 0.231 e. The van der Waals surface area contributed by atoms with Gasteiger partial charge in [0.25, 0.3) is 0 Å². The van der Waals surface area contributed by atoms with E-state index in [4.69, 9.17) is 0 Å². The summed E-state index contributed by atoms with van der Waals surface area (Å²) in [5, 5.41) is 11.5. The summed E-state index contributed by atoms with van der Waals surface area (Å²) in [6.07, 6.45) is 0.0963. The van der Waals surface area contributed by atoms with E-state index < -0.39 is 5.92 Å². The van der Waals surface area contributed by atoms with Crippen LogP contribution in [0.3, 0.4) is 0 Å². The highest BCUT2D eigenvalue weighted by Crippen LogP contribution is 2.27. The highest BCUT2D eigenvalue weighted by atomic mass is 32.1. The van der Waals surface area contributed by atoms with E-state index in [2.05, 4.69) is 15.5 Å². The maximum atomic E-state index is 13.7. The Morgan fingerprint density at radius 3 is 2.83 bits per heavy atom. The number of nitrogens with zero attached hydrogens (tertiary/aromatic N) is 3. The van der Waals surface area contributed by atoms with Gasteiger partial charge in [0.05, 0.1) is 5.92 Å². The molecule has 3 rings (SSSR count). The summed E-state index contributed by atoms with van der Waals surface area (Å²) in [5.41, 5.74) is 0.987. The number of halogens is 1. The minimum absolute atomic E-state index is 0.0963. The zero-order valence-electron chi connectivity index (χ0n) is 12.7. The van der Waals surface area contributed by atoms with Crippen molar-refractivity contribution in [1.29, 1.82) is 0 Å². The van der Waals surface area contributed by atoms with Crippen LogP contribution in [0.5, 0.6) is 0 Å². The predicted octanol–water partition coefficient (Wildman–Crippen LogP) is 2.29. The zero-order chi connectivity index (χ0) is 16.6. The third kappa shape index (κ3) is 3.21. The summed E-state index contributed by atoms with van der Waals surface area (Å²) < 4.78 is 13.7. The molecule has 120 valence electrons. The molecule has 2 heterocycles. The molecule has 1 saturated heterocycles. The Morgan fingerprint density at radius 1 is 1.39 bits per heavy atom. The normalized spacial score (nSPS) is 17.6. The first-order valence-electron chi connectivity index (χ1n) is 7.11.